The average molecular weight is 836 g/mol. The SMILES string of the molecule is c1ccc2cc(-c3c4ccccc4c(-c4ccc5[se]c6cccc(-c7c8ccccc8c(-c8ccc9ccccc9c8)c8ccccc78)c6c5c4)c4ccccc34)ccc2c1. The molecule has 0 N–H and O–H groups in total. The molecule has 13 rings (SSSR count). The zero-order valence-corrected chi connectivity index (χ0v) is 34.9. The summed E-state index contributed by atoms with van der Waals surface area (Å²) in [7, 11) is 0. The minimum atomic E-state index is 0.194. The van der Waals surface area contributed by atoms with Crippen LogP contribution in [0.4, 0.5) is 0 Å². The van der Waals surface area contributed by atoms with Crippen LogP contribution >= 0.6 is 0 Å². The second kappa shape index (κ2) is 13.6. The zero-order chi connectivity index (χ0) is 40.0. The summed E-state index contributed by atoms with van der Waals surface area (Å²) in [4.78, 5) is 0. The molecule has 13 aromatic rings. The van der Waals surface area contributed by atoms with Crippen molar-refractivity contribution in [2.45, 2.75) is 0 Å². The van der Waals surface area contributed by atoms with Gasteiger partial charge in [0.25, 0.3) is 0 Å². The van der Waals surface area contributed by atoms with E-state index >= 15 is 0 Å². The van der Waals surface area contributed by atoms with Crippen molar-refractivity contribution in [2.75, 3.05) is 0 Å². The van der Waals surface area contributed by atoms with Crippen LogP contribution in [0.15, 0.2) is 218 Å². The van der Waals surface area contributed by atoms with Crippen LogP contribution in [0.3, 0.4) is 0 Å². The molecule has 0 nitrogen and oxygen atoms in total. The Kier molecular flexibility index (Phi) is 7.72. The Labute approximate surface area is 359 Å². The zero-order valence-electron chi connectivity index (χ0n) is 33.2. The van der Waals surface area contributed by atoms with Crippen molar-refractivity contribution in [3.05, 3.63) is 218 Å². The van der Waals surface area contributed by atoms with Gasteiger partial charge in [0.2, 0.25) is 0 Å². The predicted octanol–water partition coefficient (Wildman–Crippen LogP) is 16.6. The van der Waals surface area contributed by atoms with E-state index in [1.807, 2.05) is 0 Å². The van der Waals surface area contributed by atoms with E-state index in [0.29, 0.717) is 0 Å². The standard InChI is InChI=1S/C60H36Se/c1-3-16-39-34-41(30-28-37(39)14-1)56-44-18-5-7-20-46(44)58(47-21-8-6-19-45(47)56)43-32-33-54-53(36-43)60-52(26-13-27-55(60)61-54)59-50-24-11-9-22-48(50)57(49-23-10-12-25-51(49)59)42-31-29-38-15-2-4-17-40(38)35-42/h1-36H. The molecule has 0 unspecified atom stereocenters. The van der Waals surface area contributed by atoms with Crippen LogP contribution in [-0.2, 0) is 0 Å². The molecule has 0 saturated carbocycles. The average Bonchev–Trinajstić information content (AvgIpc) is 3.70. The van der Waals surface area contributed by atoms with Crippen molar-refractivity contribution in [1.29, 1.82) is 0 Å². The maximum atomic E-state index is 2.52. The van der Waals surface area contributed by atoms with Crippen molar-refractivity contribution in [2.24, 2.45) is 0 Å². The smallest absolute Gasteiger partial charge is 0.0544 e. The first kappa shape index (κ1) is 34.6. The number of fused-ring (bicyclic) bond motifs is 9. The summed E-state index contributed by atoms with van der Waals surface area (Å²) in [5.41, 5.74) is 10.3. The minimum absolute atomic E-state index is 0.194. The second-order valence-electron chi connectivity index (χ2n) is 16.3. The first-order valence-electron chi connectivity index (χ1n) is 21.1. The van der Waals surface area contributed by atoms with Crippen LogP contribution in [0.5, 0.6) is 0 Å². The number of benzene rings is 12. The van der Waals surface area contributed by atoms with Gasteiger partial charge in [0, 0.05) is 0 Å². The Hall–Kier alpha value is -7.28. The van der Waals surface area contributed by atoms with E-state index in [1.54, 1.807) is 0 Å². The van der Waals surface area contributed by atoms with E-state index in [4.69, 9.17) is 0 Å². The Morgan fingerprint density at radius 1 is 0.230 bits per heavy atom. The third-order valence-electron chi connectivity index (χ3n) is 13.0. The fourth-order valence-electron chi connectivity index (χ4n) is 10.4. The molecular formula is C60H36Se. The van der Waals surface area contributed by atoms with Gasteiger partial charge < -0.3 is 0 Å². The molecule has 0 saturated heterocycles. The Balaban J connectivity index is 1.08. The van der Waals surface area contributed by atoms with Crippen molar-refractivity contribution in [3.8, 4) is 44.5 Å². The van der Waals surface area contributed by atoms with Crippen LogP contribution in [0.25, 0.3) is 128 Å². The van der Waals surface area contributed by atoms with E-state index in [-0.39, 0.29) is 14.5 Å². The molecular weight excluding hydrogens is 800 g/mol. The van der Waals surface area contributed by atoms with Crippen LogP contribution in [0, 0.1) is 0 Å². The van der Waals surface area contributed by atoms with Crippen LogP contribution < -0.4 is 0 Å². The fraction of sp³-hybridized carbons (Fsp3) is 0. The molecule has 0 bridgehead atoms. The first-order valence-corrected chi connectivity index (χ1v) is 22.8. The van der Waals surface area contributed by atoms with E-state index < -0.39 is 0 Å². The summed E-state index contributed by atoms with van der Waals surface area (Å²) < 4.78 is 2.90. The van der Waals surface area contributed by atoms with Crippen LogP contribution in [0.2, 0.25) is 0 Å². The topological polar surface area (TPSA) is 0 Å². The third kappa shape index (κ3) is 5.32. The summed E-state index contributed by atoms with van der Waals surface area (Å²) in [5, 5.41) is 18.1. The predicted molar refractivity (Wildman–Crippen MR) is 265 cm³/mol. The van der Waals surface area contributed by atoms with Crippen molar-refractivity contribution < 1.29 is 0 Å². The molecule has 0 spiro atoms. The van der Waals surface area contributed by atoms with Gasteiger partial charge in [0.1, 0.15) is 0 Å². The monoisotopic (exact) mass is 836 g/mol. The van der Waals surface area contributed by atoms with E-state index in [1.165, 1.54) is 128 Å². The fourth-order valence-corrected chi connectivity index (χ4v) is 12.7. The molecule has 1 aromatic heterocycles. The second-order valence-corrected chi connectivity index (χ2v) is 18.6. The summed E-state index contributed by atoms with van der Waals surface area (Å²) in [5.74, 6) is 0. The van der Waals surface area contributed by atoms with Crippen molar-refractivity contribution in [1.82, 2.24) is 0 Å². The van der Waals surface area contributed by atoms with Gasteiger partial charge in [-0.05, 0) is 0 Å². The quantitative estimate of drug-likeness (QED) is 0.122. The van der Waals surface area contributed by atoms with Gasteiger partial charge in [0.05, 0.1) is 0 Å². The van der Waals surface area contributed by atoms with Gasteiger partial charge in [-0.3, -0.25) is 0 Å². The summed E-state index contributed by atoms with van der Waals surface area (Å²) >= 11 is 0.194. The normalized spacial score (nSPS) is 11.9. The Morgan fingerprint density at radius 3 is 1.07 bits per heavy atom. The van der Waals surface area contributed by atoms with Gasteiger partial charge in [-0.2, -0.15) is 0 Å². The molecule has 12 aromatic carbocycles. The Bertz CT molecular complexity index is 3830. The van der Waals surface area contributed by atoms with Gasteiger partial charge in [-0.15, -0.1) is 0 Å². The minimum Gasteiger partial charge on any atom is -0.0544 e. The number of hydrogen-bond donors (Lipinski definition) is 0. The van der Waals surface area contributed by atoms with Crippen LogP contribution in [0.1, 0.15) is 0 Å². The molecule has 0 radical (unpaired) electrons. The van der Waals surface area contributed by atoms with Gasteiger partial charge in [-0.1, -0.05) is 24.3 Å². The number of hydrogen-bond acceptors (Lipinski definition) is 0. The van der Waals surface area contributed by atoms with E-state index in [2.05, 4.69) is 218 Å². The molecule has 1 heteroatoms. The van der Waals surface area contributed by atoms with Crippen molar-refractivity contribution in [3.63, 3.8) is 0 Å². The maximum absolute atomic E-state index is 2.52. The third-order valence-corrected chi connectivity index (χ3v) is 15.4. The molecule has 0 fully saturated rings. The van der Waals surface area contributed by atoms with Crippen molar-refractivity contribution >= 4 is 98.4 Å². The molecule has 1 heterocycles. The summed E-state index contributed by atoms with van der Waals surface area (Å²) in [6.45, 7) is 0. The molecule has 282 valence electrons. The number of rotatable bonds is 4. The molecule has 0 amide bonds. The molecule has 0 atom stereocenters. The Morgan fingerprint density at radius 2 is 0.607 bits per heavy atom. The van der Waals surface area contributed by atoms with Gasteiger partial charge in [0.15, 0.2) is 0 Å². The van der Waals surface area contributed by atoms with E-state index in [0.717, 1.165) is 0 Å². The molecule has 0 aliphatic rings. The van der Waals surface area contributed by atoms with Crippen LogP contribution in [-0.4, -0.2) is 14.5 Å². The summed E-state index contributed by atoms with van der Waals surface area (Å²) in [6.07, 6.45) is 0. The van der Waals surface area contributed by atoms with E-state index in [9.17, 15) is 0 Å². The molecule has 61 heavy (non-hydrogen) atoms. The molecule has 0 aliphatic carbocycles. The van der Waals surface area contributed by atoms with Gasteiger partial charge in [-0.25, -0.2) is 0 Å². The summed E-state index contributed by atoms with van der Waals surface area (Å²) in [6, 6.07) is 81.8. The van der Waals surface area contributed by atoms with Gasteiger partial charge >= 0.3 is 337 Å². The molecule has 0 aliphatic heterocycles. The first-order chi connectivity index (χ1) is 30.3.